The van der Waals surface area contributed by atoms with Gasteiger partial charge in [-0.15, -0.1) is 0 Å². The fraction of sp³-hybridized carbons (Fsp3) is 0.0444. The first-order chi connectivity index (χ1) is 29.2. The SMILES string of the molecule is O=c1cc2oc3cc(O)c(C(c4ccc(B(O)O)cc4)c4ccc(O)cc4O)cc3c(-c3ccc(B(O)O)cc3)c-2cc1C(c1ccc(B(O)O)cc1)c1ccc(O)cc1O. The molecule has 2 unspecified atom stereocenters. The van der Waals surface area contributed by atoms with Crippen LogP contribution in [0.2, 0.25) is 0 Å². The molecule has 6 aromatic rings. The fourth-order valence-corrected chi connectivity index (χ4v) is 7.90. The summed E-state index contributed by atoms with van der Waals surface area (Å²) in [6.45, 7) is 0. The minimum Gasteiger partial charge on any atom is -0.508 e. The molecule has 0 saturated carbocycles. The molecule has 0 amide bonds. The van der Waals surface area contributed by atoms with E-state index in [4.69, 9.17) is 4.42 Å². The zero-order valence-electron chi connectivity index (χ0n) is 31.8. The predicted molar refractivity (Wildman–Crippen MR) is 230 cm³/mol. The largest absolute Gasteiger partial charge is 0.508 e. The van der Waals surface area contributed by atoms with Gasteiger partial charge in [-0.05, 0) is 57.3 Å². The van der Waals surface area contributed by atoms with E-state index in [9.17, 15) is 60.5 Å². The smallest absolute Gasteiger partial charge is 0.488 e. The van der Waals surface area contributed by atoms with E-state index in [1.807, 2.05) is 0 Å². The lowest BCUT2D eigenvalue weighted by atomic mass is 9.77. The molecule has 0 spiro atoms. The van der Waals surface area contributed by atoms with Crippen LogP contribution in [-0.2, 0) is 0 Å². The molecule has 2 aliphatic rings. The summed E-state index contributed by atoms with van der Waals surface area (Å²) in [6.07, 6.45) is 0. The number of fused-ring (bicyclic) bond motifs is 2. The van der Waals surface area contributed by atoms with Gasteiger partial charge in [0.15, 0.2) is 5.43 Å². The molecular formula is C45H35B3O13. The van der Waals surface area contributed by atoms with Crippen molar-refractivity contribution in [3.8, 4) is 51.2 Å². The van der Waals surface area contributed by atoms with Crippen LogP contribution < -0.4 is 21.8 Å². The van der Waals surface area contributed by atoms with E-state index in [-0.39, 0.29) is 78.7 Å². The maximum atomic E-state index is 14.3. The van der Waals surface area contributed by atoms with Gasteiger partial charge in [0.2, 0.25) is 0 Å². The van der Waals surface area contributed by atoms with E-state index >= 15 is 0 Å². The van der Waals surface area contributed by atoms with Gasteiger partial charge in [-0.3, -0.25) is 4.79 Å². The Morgan fingerprint density at radius 2 is 0.885 bits per heavy atom. The molecule has 6 aromatic carbocycles. The van der Waals surface area contributed by atoms with Crippen LogP contribution in [0.4, 0.5) is 0 Å². The Balaban J connectivity index is 1.44. The van der Waals surface area contributed by atoms with E-state index < -0.39 is 38.6 Å². The summed E-state index contributed by atoms with van der Waals surface area (Å²) in [5.74, 6) is -3.11. The topological polar surface area (TPSA) is 253 Å². The third kappa shape index (κ3) is 7.78. The summed E-state index contributed by atoms with van der Waals surface area (Å²) < 4.78 is 6.37. The molecule has 0 fully saturated rings. The minimum atomic E-state index is -1.78. The minimum absolute atomic E-state index is 0.105. The van der Waals surface area contributed by atoms with Crippen molar-refractivity contribution in [3.05, 3.63) is 177 Å². The van der Waals surface area contributed by atoms with Gasteiger partial charge in [0.1, 0.15) is 40.1 Å². The Kier molecular flexibility index (Phi) is 10.8. The van der Waals surface area contributed by atoms with Crippen molar-refractivity contribution in [1.29, 1.82) is 0 Å². The third-order valence-corrected chi connectivity index (χ3v) is 10.9. The molecule has 2 atom stereocenters. The van der Waals surface area contributed by atoms with Crippen LogP contribution >= 0.6 is 0 Å². The second-order valence-corrected chi connectivity index (χ2v) is 14.7. The van der Waals surface area contributed by atoms with Gasteiger partial charge >= 0.3 is 21.4 Å². The van der Waals surface area contributed by atoms with E-state index in [2.05, 4.69) is 0 Å². The molecule has 302 valence electrons. The first kappa shape index (κ1) is 40.7. The lowest BCUT2D eigenvalue weighted by Crippen LogP contribution is -2.29. The molecule has 1 aliphatic carbocycles. The molecule has 16 heteroatoms. The van der Waals surface area contributed by atoms with Crippen LogP contribution in [0.5, 0.6) is 28.7 Å². The monoisotopic (exact) mass is 816 g/mol. The maximum absolute atomic E-state index is 14.3. The van der Waals surface area contributed by atoms with Crippen molar-refractivity contribution in [2.24, 2.45) is 0 Å². The Morgan fingerprint density at radius 3 is 1.34 bits per heavy atom. The zero-order chi connectivity index (χ0) is 43.3. The normalized spacial score (nSPS) is 12.4. The number of hydrogen-bond acceptors (Lipinski definition) is 13. The van der Waals surface area contributed by atoms with E-state index in [0.717, 1.165) is 12.1 Å². The summed E-state index contributed by atoms with van der Waals surface area (Å²) in [5, 5.41) is 114. The molecule has 0 aromatic heterocycles. The van der Waals surface area contributed by atoms with Crippen molar-refractivity contribution in [3.63, 3.8) is 0 Å². The first-order valence-electron chi connectivity index (χ1n) is 18.9. The van der Waals surface area contributed by atoms with E-state index in [0.29, 0.717) is 33.2 Å². The number of hydrogen-bond donors (Lipinski definition) is 11. The highest BCUT2D eigenvalue weighted by Gasteiger charge is 2.30. The summed E-state index contributed by atoms with van der Waals surface area (Å²) in [5.41, 5.74) is 3.49. The number of phenolic OH excluding ortho intramolecular Hbond substituents is 5. The number of phenols is 5. The van der Waals surface area contributed by atoms with E-state index in [1.165, 1.54) is 72.8 Å². The van der Waals surface area contributed by atoms with Gasteiger partial charge in [-0.1, -0.05) is 84.9 Å². The molecule has 11 N–H and O–H groups in total. The second kappa shape index (κ2) is 16.2. The molecule has 0 radical (unpaired) electrons. The lowest BCUT2D eigenvalue weighted by molar-refractivity contribution is 0.424. The van der Waals surface area contributed by atoms with Crippen molar-refractivity contribution >= 4 is 48.7 Å². The molecular weight excluding hydrogens is 781 g/mol. The van der Waals surface area contributed by atoms with Crippen LogP contribution in [0, 0.1) is 0 Å². The quantitative estimate of drug-likeness (QED) is 0.0540. The highest BCUT2D eigenvalue weighted by atomic mass is 16.4. The predicted octanol–water partition coefficient (Wildman–Crippen LogP) is 2.49. The molecule has 61 heavy (non-hydrogen) atoms. The average Bonchev–Trinajstić information content (AvgIpc) is 3.22. The van der Waals surface area contributed by atoms with Crippen LogP contribution in [-0.4, -0.2) is 77.0 Å². The number of benzene rings is 7. The number of aromatic hydroxyl groups is 5. The van der Waals surface area contributed by atoms with Crippen LogP contribution in [0.25, 0.3) is 33.4 Å². The molecule has 13 nitrogen and oxygen atoms in total. The Bertz CT molecular complexity index is 2930. The first-order valence-corrected chi connectivity index (χ1v) is 18.9. The van der Waals surface area contributed by atoms with Gasteiger partial charge in [0.25, 0.3) is 0 Å². The molecule has 0 saturated heterocycles. The Morgan fingerprint density at radius 1 is 0.443 bits per heavy atom. The molecule has 0 bridgehead atoms. The van der Waals surface area contributed by atoms with Crippen LogP contribution in [0.15, 0.2) is 143 Å². The Hall–Kier alpha value is -7.04. The second-order valence-electron chi connectivity index (χ2n) is 14.7. The van der Waals surface area contributed by atoms with Crippen LogP contribution in [0.1, 0.15) is 45.2 Å². The van der Waals surface area contributed by atoms with Gasteiger partial charge < -0.3 is 60.1 Å². The highest BCUT2D eigenvalue weighted by molar-refractivity contribution is 6.59. The fourth-order valence-electron chi connectivity index (χ4n) is 7.90. The van der Waals surface area contributed by atoms with Gasteiger partial charge in [0.05, 0.1) is 0 Å². The van der Waals surface area contributed by atoms with Gasteiger partial charge in [-0.2, -0.15) is 0 Å². The average molecular weight is 816 g/mol. The summed E-state index contributed by atoms with van der Waals surface area (Å²) in [6, 6.07) is 32.5. The highest BCUT2D eigenvalue weighted by Crippen LogP contribution is 2.48. The van der Waals surface area contributed by atoms with Crippen LogP contribution in [0.3, 0.4) is 0 Å². The number of rotatable bonds is 10. The van der Waals surface area contributed by atoms with Crippen molar-refractivity contribution in [2.75, 3.05) is 0 Å². The molecule has 1 aliphatic heterocycles. The molecule has 1 heterocycles. The lowest BCUT2D eigenvalue weighted by Gasteiger charge is -2.24. The summed E-state index contributed by atoms with van der Waals surface area (Å²) >= 11 is 0. The van der Waals surface area contributed by atoms with Crippen molar-refractivity contribution in [2.45, 2.75) is 11.8 Å². The van der Waals surface area contributed by atoms with Crippen molar-refractivity contribution < 1.29 is 60.1 Å². The van der Waals surface area contributed by atoms with E-state index in [1.54, 1.807) is 48.5 Å². The maximum Gasteiger partial charge on any atom is 0.488 e. The van der Waals surface area contributed by atoms with Gasteiger partial charge in [-0.25, -0.2) is 0 Å². The molecule has 8 rings (SSSR count). The zero-order valence-corrected chi connectivity index (χ0v) is 31.8. The Labute approximate surface area is 348 Å². The summed E-state index contributed by atoms with van der Waals surface area (Å²) in [7, 11) is -5.30. The standard InChI is InChI=1S/C45H35B3O13/c49-29-13-15-31(37(51)17-29)43(23-1-7-26(8-2-23)46(55)56)33-19-35-41(21-39(33)53)61-42-22-40(54)34(20-36(42)45(35)25-5-11-28(12-6-25)48(59)60)44(32-16-14-30(50)18-38(32)52)24-3-9-27(10-4-24)47(57)58/h1-22,43-44,49-53,55-60H. The van der Waals surface area contributed by atoms with Crippen molar-refractivity contribution in [1.82, 2.24) is 0 Å². The van der Waals surface area contributed by atoms with Gasteiger partial charge in [0, 0.05) is 74.9 Å². The third-order valence-electron chi connectivity index (χ3n) is 10.9. The summed E-state index contributed by atoms with van der Waals surface area (Å²) in [4.78, 5) is 14.3.